The number of aryl methyl sites for hydroxylation is 1. The van der Waals surface area contributed by atoms with Crippen molar-refractivity contribution < 1.29 is 13.2 Å². The van der Waals surface area contributed by atoms with Crippen LogP contribution in [0.1, 0.15) is 47.6 Å². The summed E-state index contributed by atoms with van der Waals surface area (Å²) in [5.41, 5.74) is 9.19. The number of nitrogens with zero attached hydrogens (tertiary/aromatic N) is 1. The van der Waals surface area contributed by atoms with Gasteiger partial charge in [0, 0.05) is 40.2 Å². The lowest BCUT2D eigenvalue weighted by atomic mass is 9.74. The van der Waals surface area contributed by atoms with Gasteiger partial charge in [-0.15, -0.1) is 0 Å². The average molecular weight is 427 g/mol. The molecule has 2 nitrogen and oxygen atoms in total. The first-order valence-corrected chi connectivity index (χ1v) is 9.86. The van der Waals surface area contributed by atoms with Crippen molar-refractivity contribution in [3.8, 4) is 0 Å². The number of hydrogen-bond donors (Lipinski definition) is 1. The van der Waals surface area contributed by atoms with Crippen LogP contribution in [-0.4, -0.2) is 18.4 Å². The van der Waals surface area contributed by atoms with E-state index in [0.717, 1.165) is 29.5 Å². The van der Waals surface area contributed by atoms with Crippen LogP contribution in [0.15, 0.2) is 41.4 Å². The molecule has 4 rings (SSSR count). The van der Waals surface area contributed by atoms with Crippen LogP contribution in [-0.2, 0) is 11.8 Å². The molecule has 2 unspecified atom stereocenters. The van der Waals surface area contributed by atoms with E-state index in [0.29, 0.717) is 21.3 Å². The molecule has 2 aromatic rings. The van der Waals surface area contributed by atoms with Gasteiger partial charge in [-0.1, -0.05) is 35.3 Å². The molecular weight excluding hydrogens is 408 g/mol. The van der Waals surface area contributed by atoms with Crippen molar-refractivity contribution >= 4 is 28.9 Å². The van der Waals surface area contributed by atoms with Crippen molar-refractivity contribution in [3.05, 3.63) is 68.7 Å². The van der Waals surface area contributed by atoms with Gasteiger partial charge >= 0.3 is 6.18 Å². The minimum absolute atomic E-state index is 0.0347. The minimum Gasteiger partial charge on any atom is -0.324 e. The van der Waals surface area contributed by atoms with Crippen molar-refractivity contribution in [1.29, 1.82) is 0 Å². The molecule has 0 fully saturated rings. The first-order chi connectivity index (χ1) is 13.2. The van der Waals surface area contributed by atoms with Gasteiger partial charge in [-0.05, 0) is 59.4 Å². The van der Waals surface area contributed by atoms with Gasteiger partial charge in [-0.2, -0.15) is 13.2 Å². The highest BCUT2D eigenvalue weighted by molar-refractivity contribution is 6.34. The third-order valence-corrected chi connectivity index (χ3v) is 6.13. The van der Waals surface area contributed by atoms with Gasteiger partial charge in [0.25, 0.3) is 0 Å². The molecule has 2 aromatic carbocycles. The molecule has 2 aliphatic rings. The molecule has 0 spiro atoms. The van der Waals surface area contributed by atoms with E-state index in [4.69, 9.17) is 28.9 Å². The molecule has 7 heteroatoms. The maximum absolute atomic E-state index is 13.5. The Labute approximate surface area is 171 Å². The molecule has 28 heavy (non-hydrogen) atoms. The van der Waals surface area contributed by atoms with E-state index in [1.54, 1.807) is 12.1 Å². The van der Waals surface area contributed by atoms with E-state index in [-0.39, 0.29) is 19.0 Å². The predicted octanol–water partition coefficient (Wildman–Crippen LogP) is 6.02. The van der Waals surface area contributed by atoms with Gasteiger partial charge in [-0.25, -0.2) is 0 Å². The Morgan fingerprint density at radius 2 is 1.82 bits per heavy atom. The molecule has 0 aromatic heterocycles. The first kappa shape index (κ1) is 19.7. The summed E-state index contributed by atoms with van der Waals surface area (Å²) < 4.78 is 40.4. The number of alkyl halides is 3. The Kier molecular flexibility index (Phi) is 4.97. The second-order valence-electron chi connectivity index (χ2n) is 7.73. The van der Waals surface area contributed by atoms with Crippen molar-refractivity contribution in [2.75, 3.05) is 6.54 Å². The van der Waals surface area contributed by atoms with Crippen molar-refractivity contribution in [2.45, 2.75) is 43.3 Å². The van der Waals surface area contributed by atoms with Gasteiger partial charge in [-0.3, -0.25) is 4.99 Å². The normalized spacial score (nSPS) is 24.4. The molecule has 0 radical (unpaired) electrons. The lowest BCUT2D eigenvalue weighted by molar-refractivity contribution is -0.146. The molecule has 0 bridgehead atoms. The number of halogens is 5. The molecule has 1 aliphatic carbocycles. The minimum atomic E-state index is -4.33. The quantitative estimate of drug-likeness (QED) is 0.639. The van der Waals surface area contributed by atoms with Gasteiger partial charge in [0.2, 0.25) is 0 Å². The van der Waals surface area contributed by atoms with Crippen molar-refractivity contribution in [3.63, 3.8) is 0 Å². The second-order valence-corrected chi connectivity index (χ2v) is 8.60. The Morgan fingerprint density at radius 3 is 2.50 bits per heavy atom. The lowest BCUT2D eigenvalue weighted by Gasteiger charge is -2.30. The van der Waals surface area contributed by atoms with Crippen LogP contribution in [0.2, 0.25) is 10.0 Å². The fraction of sp³-hybridized carbons (Fsp3) is 0.381. The molecule has 0 amide bonds. The largest absolute Gasteiger partial charge is 0.390 e. The highest BCUT2D eigenvalue weighted by atomic mass is 35.5. The highest BCUT2D eigenvalue weighted by Crippen LogP contribution is 2.45. The number of benzene rings is 2. The van der Waals surface area contributed by atoms with Crippen LogP contribution in [0.3, 0.4) is 0 Å². The SMILES string of the molecule is NC1CCc2cc(C3=NCC(CC(F)(F)F)(c4cc(Cl)cc(Cl)c4)C3)ccc21. The molecule has 1 aliphatic heterocycles. The monoisotopic (exact) mass is 426 g/mol. The fourth-order valence-corrected chi connectivity index (χ4v) is 4.89. The molecule has 2 atom stereocenters. The number of aliphatic imine (C=N–C) groups is 1. The standard InChI is InChI=1S/C21H19Cl2F3N2/c22-15-6-14(7-16(23)8-15)20(10-21(24,25)26)9-19(28-11-20)13-1-3-17-12(5-13)2-4-18(17)27/h1,3,5-8,18H,2,4,9-11,27H2. The number of nitrogens with two attached hydrogens (primary N) is 1. The molecule has 148 valence electrons. The average Bonchev–Trinajstić information content (AvgIpc) is 3.17. The van der Waals surface area contributed by atoms with Crippen LogP contribution in [0, 0.1) is 0 Å². The number of rotatable bonds is 3. The first-order valence-electron chi connectivity index (χ1n) is 9.11. The zero-order valence-electron chi connectivity index (χ0n) is 15.0. The number of fused-ring (bicyclic) bond motifs is 1. The van der Waals surface area contributed by atoms with Crippen LogP contribution in [0.5, 0.6) is 0 Å². The van der Waals surface area contributed by atoms with E-state index in [1.807, 2.05) is 18.2 Å². The summed E-state index contributed by atoms with van der Waals surface area (Å²) in [5.74, 6) is 0. The summed E-state index contributed by atoms with van der Waals surface area (Å²) in [4.78, 5) is 4.52. The summed E-state index contributed by atoms with van der Waals surface area (Å²) >= 11 is 12.2. The smallest absolute Gasteiger partial charge is 0.324 e. The van der Waals surface area contributed by atoms with E-state index < -0.39 is 18.0 Å². The number of hydrogen-bond acceptors (Lipinski definition) is 2. The molecule has 1 heterocycles. The van der Waals surface area contributed by atoms with Crippen LogP contribution in [0.4, 0.5) is 13.2 Å². The Morgan fingerprint density at radius 1 is 1.11 bits per heavy atom. The van der Waals surface area contributed by atoms with E-state index in [9.17, 15) is 13.2 Å². The highest BCUT2D eigenvalue weighted by Gasteiger charge is 2.47. The summed E-state index contributed by atoms with van der Waals surface area (Å²) in [7, 11) is 0. The molecule has 2 N–H and O–H groups in total. The summed E-state index contributed by atoms with van der Waals surface area (Å²) in [6.07, 6.45) is -3.34. The zero-order chi connectivity index (χ0) is 20.1. The van der Waals surface area contributed by atoms with E-state index in [1.165, 1.54) is 6.07 Å². The van der Waals surface area contributed by atoms with Crippen molar-refractivity contribution in [2.24, 2.45) is 10.7 Å². The molecular formula is C21H19Cl2F3N2. The summed E-state index contributed by atoms with van der Waals surface area (Å²) in [6, 6.07) is 10.6. The Hall–Kier alpha value is -1.56. The topological polar surface area (TPSA) is 38.4 Å². The summed E-state index contributed by atoms with van der Waals surface area (Å²) in [5, 5.41) is 0.646. The Balaban J connectivity index is 1.69. The maximum Gasteiger partial charge on any atom is 0.390 e. The van der Waals surface area contributed by atoms with E-state index in [2.05, 4.69) is 4.99 Å². The van der Waals surface area contributed by atoms with Crippen LogP contribution >= 0.6 is 23.2 Å². The van der Waals surface area contributed by atoms with Gasteiger partial charge in [0.15, 0.2) is 0 Å². The van der Waals surface area contributed by atoms with Crippen LogP contribution < -0.4 is 5.73 Å². The molecule has 0 saturated heterocycles. The van der Waals surface area contributed by atoms with Gasteiger partial charge in [0.05, 0.1) is 6.42 Å². The third kappa shape index (κ3) is 3.80. The van der Waals surface area contributed by atoms with Crippen molar-refractivity contribution in [1.82, 2.24) is 0 Å². The van der Waals surface area contributed by atoms with Gasteiger partial charge < -0.3 is 5.73 Å². The van der Waals surface area contributed by atoms with Gasteiger partial charge in [0.1, 0.15) is 0 Å². The summed E-state index contributed by atoms with van der Waals surface area (Å²) in [6.45, 7) is 0.0507. The molecule has 0 saturated carbocycles. The Bertz CT molecular complexity index is 935. The third-order valence-electron chi connectivity index (χ3n) is 5.69. The maximum atomic E-state index is 13.5. The van der Waals surface area contributed by atoms with E-state index >= 15 is 0 Å². The zero-order valence-corrected chi connectivity index (χ0v) is 16.5. The lowest BCUT2D eigenvalue weighted by Crippen LogP contribution is -2.34. The second kappa shape index (κ2) is 7.05. The van der Waals surface area contributed by atoms with Crippen LogP contribution in [0.25, 0.3) is 0 Å². The fourth-order valence-electron chi connectivity index (χ4n) is 4.36. The predicted molar refractivity (Wildman–Crippen MR) is 107 cm³/mol.